The summed E-state index contributed by atoms with van der Waals surface area (Å²) in [6.45, 7) is 3.69. The summed E-state index contributed by atoms with van der Waals surface area (Å²) in [6, 6.07) is 3.38. The minimum Gasteiger partial charge on any atom is -0.416 e. The number of carbonyl (C=O) groups is 1. The fourth-order valence-electron chi connectivity index (χ4n) is 1.92. The van der Waals surface area contributed by atoms with Crippen LogP contribution >= 0.6 is 34.7 Å². The molecule has 0 spiro atoms. The summed E-state index contributed by atoms with van der Waals surface area (Å²) in [5, 5.41) is 13.8. The Hall–Kier alpha value is -1.97. The maximum absolute atomic E-state index is 12.3. The lowest BCUT2D eigenvalue weighted by Gasteiger charge is -2.10. The predicted molar refractivity (Wildman–Crippen MR) is 97.2 cm³/mol. The van der Waals surface area contributed by atoms with Gasteiger partial charge in [-0.25, -0.2) is 9.97 Å². The van der Waals surface area contributed by atoms with Crippen molar-refractivity contribution in [3.63, 3.8) is 0 Å². The predicted octanol–water partition coefficient (Wildman–Crippen LogP) is 3.59. The van der Waals surface area contributed by atoms with Gasteiger partial charge in [0.05, 0.1) is 28.1 Å². The molecule has 3 heterocycles. The highest BCUT2D eigenvalue weighted by molar-refractivity contribution is 8.00. The maximum Gasteiger partial charge on any atom is 0.277 e. The number of halogens is 1. The summed E-state index contributed by atoms with van der Waals surface area (Å²) in [7, 11) is 0. The van der Waals surface area contributed by atoms with E-state index in [1.165, 1.54) is 11.8 Å². The smallest absolute Gasteiger partial charge is 0.277 e. The van der Waals surface area contributed by atoms with Gasteiger partial charge in [-0.2, -0.15) is 0 Å². The van der Waals surface area contributed by atoms with Crippen LogP contribution in [-0.4, -0.2) is 31.3 Å². The van der Waals surface area contributed by atoms with E-state index in [0.29, 0.717) is 23.2 Å². The molecule has 130 valence electrons. The molecule has 10 heteroatoms. The molecule has 0 aliphatic heterocycles. The van der Waals surface area contributed by atoms with Gasteiger partial charge in [-0.3, -0.25) is 4.79 Å². The fraction of sp³-hybridized carbons (Fsp3) is 0.267. The van der Waals surface area contributed by atoms with E-state index in [2.05, 4.69) is 25.5 Å². The zero-order valence-corrected chi connectivity index (χ0v) is 15.8. The Balaban J connectivity index is 1.58. The van der Waals surface area contributed by atoms with Crippen molar-refractivity contribution in [2.75, 3.05) is 5.32 Å². The molecule has 7 nitrogen and oxygen atoms in total. The van der Waals surface area contributed by atoms with Crippen molar-refractivity contribution < 1.29 is 9.21 Å². The van der Waals surface area contributed by atoms with Crippen LogP contribution < -0.4 is 5.32 Å². The van der Waals surface area contributed by atoms with Crippen molar-refractivity contribution in [1.82, 2.24) is 20.2 Å². The highest BCUT2D eigenvalue weighted by Crippen LogP contribution is 2.25. The normalized spacial score (nSPS) is 12.1. The Labute approximate surface area is 157 Å². The molecule has 0 fully saturated rings. The molecule has 3 aromatic rings. The van der Waals surface area contributed by atoms with E-state index in [1.807, 2.05) is 12.3 Å². The summed E-state index contributed by atoms with van der Waals surface area (Å²) in [6.07, 6.45) is 2.03. The lowest BCUT2D eigenvalue weighted by Crippen LogP contribution is -2.22. The molecule has 3 aromatic heterocycles. The SMILES string of the molecule is Cc1nc(Cc2nnc(S[C@H](C)C(=O)Nc3cccnc3Cl)o2)cs1. The van der Waals surface area contributed by atoms with E-state index in [4.69, 9.17) is 16.0 Å². The number of aromatic nitrogens is 4. The molecule has 0 aliphatic carbocycles. The molecule has 25 heavy (non-hydrogen) atoms. The Morgan fingerprint density at radius 2 is 2.32 bits per heavy atom. The summed E-state index contributed by atoms with van der Waals surface area (Å²) in [5.41, 5.74) is 1.35. The number of rotatable bonds is 6. The third-order valence-corrected chi connectivity index (χ3v) is 5.17. The zero-order chi connectivity index (χ0) is 17.8. The Morgan fingerprint density at radius 3 is 3.04 bits per heavy atom. The quantitative estimate of drug-likeness (QED) is 0.503. The van der Waals surface area contributed by atoms with Crippen molar-refractivity contribution in [2.24, 2.45) is 0 Å². The van der Waals surface area contributed by atoms with Crippen LogP contribution in [0.5, 0.6) is 0 Å². The molecule has 0 saturated carbocycles. The van der Waals surface area contributed by atoms with Crippen LogP contribution in [0.2, 0.25) is 5.15 Å². The van der Waals surface area contributed by atoms with Crippen LogP contribution in [-0.2, 0) is 11.2 Å². The number of anilines is 1. The highest BCUT2D eigenvalue weighted by atomic mass is 35.5. The average Bonchev–Trinajstić information content (AvgIpc) is 3.19. The number of aryl methyl sites for hydroxylation is 1. The molecule has 3 rings (SSSR count). The summed E-state index contributed by atoms with van der Waals surface area (Å²) in [4.78, 5) is 20.5. The van der Waals surface area contributed by atoms with E-state index < -0.39 is 5.25 Å². The zero-order valence-electron chi connectivity index (χ0n) is 13.4. The van der Waals surface area contributed by atoms with Crippen molar-refractivity contribution in [2.45, 2.75) is 30.7 Å². The number of pyridine rings is 1. The van der Waals surface area contributed by atoms with E-state index in [1.54, 1.807) is 36.6 Å². The van der Waals surface area contributed by atoms with Crippen LogP contribution in [0.1, 0.15) is 23.5 Å². The van der Waals surface area contributed by atoms with Gasteiger partial charge in [0.1, 0.15) is 0 Å². The number of carbonyl (C=O) groups excluding carboxylic acids is 1. The standard InChI is InChI=1S/C15H14ClN5O2S2/c1-8(14(22)19-11-4-3-5-17-13(11)16)25-15-21-20-12(23-15)6-10-7-24-9(2)18-10/h3-5,7-8H,6H2,1-2H3,(H,19,22)/t8-/m1/s1. The molecule has 1 amide bonds. The topological polar surface area (TPSA) is 93.8 Å². The van der Waals surface area contributed by atoms with Gasteiger partial charge in [0.15, 0.2) is 5.15 Å². The lowest BCUT2D eigenvalue weighted by molar-refractivity contribution is -0.115. The second-order valence-electron chi connectivity index (χ2n) is 5.09. The van der Waals surface area contributed by atoms with Gasteiger partial charge in [0, 0.05) is 11.6 Å². The lowest BCUT2D eigenvalue weighted by atomic mass is 10.3. The largest absolute Gasteiger partial charge is 0.416 e. The Morgan fingerprint density at radius 1 is 1.48 bits per heavy atom. The molecule has 0 radical (unpaired) electrons. The number of nitrogens with zero attached hydrogens (tertiary/aromatic N) is 4. The molecule has 0 aromatic carbocycles. The van der Waals surface area contributed by atoms with Gasteiger partial charge in [-0.15, -0.1) is 21.5 Å². The van der Waals surface area contributed by atoms with E-state index in [-0.39, 0.29) is 11.1 Å². The molecule has 0 saturated heterocycles. The third kappa shape index (κ3) is 4.77. The molecule has 1 N–H and O–H groups in total. The Bertz CT molecular complexity index is 882. The first-order valence-electron chi connectivity index (χ1n) is 7.32. The van der Waals surface area contributed by atoms with Crippen LogP contribution in [0, 0.1) is 6.92 Å². The summed E-state index contributed by atoms with van der Waals surface area (Å²) >= 11 is 8.69. The molecule has 0 aliphatic rings. The summed E-state index contributed by atoms with van der Waals surface area (Å²) < 4.78 is 5.58. The summed E-state index contributed by atoms with van der Waals surface area (Å²) in [5.74, 6) is 0.241. The van der Waals surface area contributed by atoms with Crippen LogP contribution in [0.4, 0.5) is 5.69 Å². The van der Waals surface area contributed by atoms with E-state index in [9.17, 15) is 4.79 Å². The molecular formula is C15H14ClN5O2S2. The van der Waals surface area contributed by atoms with Crippen LogP contribution in [0.15, 0.2) is 33.3 Å². The van der Waals surface area contributed by atoms with Gasteiger partial charge in [0.2, 0.25) is 11.8 Å². The molecule has 0 unspecified atom stereocenters. The van der Waals surface area contributed by atoms with Crippen molar-refractivity contribution in [1.29, 1.82) is 0 Å². The number of amides is 1. The van der Waals surface area contributed by atoms with Crippen molar-refractivity contribution in [3.05, 3.63) is 45.5 Å². The first kappa shape index (κ1) is 17.8. The van der Waals surface area contributed by atoms with Crippen molar-refractivity contribution >= 4 is 46.3 Å². The molecular weight excluding hydrogens is 382 g/mol. The second-order valence-corrected chi connectivity index (χ2v) is 7.80. The minimum atomic E-state index is -0.439. The van der Waals surface area contributed by atoms with Crippen LogP contribution in [0.3, 0.4) is 0 Å². The maximum atomic E-state index is 12.3. The number of hydrogen-bond donors (Lipinski definition) is 1. The number of thioether (sulfide) groups is 1. The fourth-order valence-corrected chi connectivity index (χ4v) is 3.40. The van der Waals surface area contributed by atoms with Gasteiger partial charge in [-0.05, 0) is 26.0 Å². The second kappa shape index (κ2) is 7.94. The van der Waals surface area contributed by atoms with Crippen molar-refractivity contribution in [3.8, 4) is 0 Å². The first-order chi connectivity index (χ1) is 12.0. The minimum absolute atomic E-state index is 0.227. The number of hydrogen-bond acceptors (Lipinski definition) is 8. The van der Waals surface area contributed by atoms with Gasteiger partial charge >= 0.3 is 0 Å². The first-order valence-corrected chi connectivity index (χ1v) is 9.46. The monoisotopic (exact) mass is 395 g/mol. The third-order valence-electron chi connectivity index (χ3n) is 3.11. The number of nitrogens with one attached hydrogen (secondary N) is 1. The number of thiazole rings is 1. The highest BCUT2D eigenvalue weighted by Gasteiger charge is 2.19. The van der Waals surface area contributed by atoms with Crippen LogP contribution in [0.25, 0.3) is 0 Å². The molecule has 0 bridgehead atoms. The average molecular weight is 396 g/mol. The molecule has 1 atom stereocenters. The van der Waals surface area contributed by atoms with E-state index in [0.717, 1.165) is 10.7 Å². The Kier molecular flexibility index (Phi) is 5.67. The van der Waals surface area contributed by atoms with E-state index >= 15 is 0 Å². The van der Waals surface area contributed by atoms with Gasteiger partial charge in [-0.1, -0.05) is 23.4 Å². The van der Waals surface area contributed by atoms with Gasteiger partial charge < -0.3 is 9.73 Å². The van der Waals surface area contributed by atoms with Gasteiger partial charge in [0.25, 0.3) is 5.22 Å².